The van der Waals surface area contributed by atoms with Crippen LogP contribution >= 0.6 is 8.30 Å². The molecule has 3 heteroatoms. The molecule has 0 saturated heterocycles. The maximum atomic E-state index is 6.11. The second-order valence-corrected chi connectivity index (χ2v) is 5.88. The maximum absolute atomic E-state index is 6.11. The maximum Gasteiger partial charge on any atom is 0.194 e. The molecule has 106 valence electrons. The highest BCUT2D eigenvalue weighted by Crippen LogP contribution is 2.45. The smallest absolute Gasteiger partial charge is 0.194 e. The Labute approximate surface area is 123 Å². The molecule has 2 nitrogen and oxygen atoms in total. The third-order valence-corrected chi connectivity index (χ3v) is 4.71. The molecule has 2 aromatic carbocycles. The normalized spacial score (nSPS) is 15.2. The number of fused-ring (bicyclic) bond motifs is 3. The predicted octanol–water partition coefficient (Wildman–Crippen LogP) is 4.71. The average Bonchev–Trinajstić information content (AvgIpc) is 2.54. The standard InChI is InChI=1S/C15H16NOP.C2H6/c1-2-11-16-18-15-10-6-4-8-13(15)12-7-3-5-9-14(12)17-18;1-2/h3-10,16H,2,11H2,1H3;1-2H3. The second-order valence-electron chi connectivity index (χ2n) is 4.31. The van der Waals surface area contributed by atoms with Crippen molar-refractivity contribution >= 4 is 13.6 Å². The Kier molecular flexibility index (Phi) is 5.58. The number of para-hydroxylation sites is 1. The minimum absolute atomic E-state index is 0.730. The van der Waals surface area contributed by atoms with Gasteiger partial charge in [-0.1, -0.05) is 57.2 Å². The van der Waals surface area contributed by atoms with Crippen molar-refractivity contribution in [1.29, 1.82) is 0 Å². The molecule has 1 heterocycles. The van der Waals surface area contributed by atoms with E-state index >= 15 is 0 Å². The van der Waals surface area contributed by atoms with Crippen LogP contribution in [0.3, 0.4) is 0 Å². The van der Waals surface area contributed by atoms with E-state index in [-0.39, 0.29) is 0 Å². The molecule has 2 aromatic rings. The molecule has 0 fully saturated rings. The first kappa shape index (κ1) is 15.0. The quantitative estimate of drug-likeness (QED) is 0.825. The summed E-state index contributed by atoms with van der Waals surface area (Å²) < 4.78 is 6.11. The number of benzene rings is 2. The Hall–Kier alpha value is -1.37. The number of hydrogen-bond acceptors (Lipinski definition) is 2. The van der Waals surface area contributed by atoms with Crippen LogP contribution in [0.15, 0.2) is 48.5 Å². The van der Waals surface area contributed by atoms with Crippen molar-refractivity contribution in [2.24, 2.45) is 0 Å². The molecule has 0 radical (unpaired) electrons. The summed E-state index contributed by atoms with van der Waals surface area (Å²) in [5.41, 5.74) is 2.50. The van der Waals surface area contributed by atoms with Crippen LogP contribution in [0.2, 0.25) is 0 Å². The van der Waals surface area contributed by atoms with E-state index in [9.17, 15) is 0 Å². The second kappa shape index (κ2) is 7.42. The zero-order chi connectivity index (χ0) is 14.4. The predicted molar refractivity (Wildman–Crippen MR) is 88.7 cm³/mol. The van der Waals surface area contributed by atoms with E-state index in [2.05, 4.69) is 48.4 Å². The van der Waals surface area contributed by atoms with E-state index in [1.165, 1.54) is 16.4 Å². The van der Waals surface area contributed by atoms with Crippen LogP contribution in [-0.2, 0) is 0 Å². The first-order valence-electron chi connectivity index (χ1n) is 7.30. The third kappa shape index (κ3) is 3.03. The van der Waals surface area contributed by atoms with Crippen molar-refractivity contribution in [2.45, 2.75) is 27.2 Å². The van der Waals surface area contributed by atoms with Crippen LogP contribution in [-0.4, -0.2) is 6.54 Å². The number of rotatable bonds is 3. The first-order valence-corrected chi connectivity index (χ1v) is 8.56. The van der Waals surface area contributed by atoms with E-state index in [4.69, 9.17) is 4.52 Å². The molecule has 0 spiro atoms. The summed E-state index contributed by atoms with van der Waals surface area (Å²) >= 11 is 0. The van der Waals surface area contributed by atoms with Gasteiger partial charge in [0.25, 0.3) is 0 Å². The zero-order valence-corrected chi connectivity index (χ0v) is 13.3. The van der Waals surface area contributed by atoms with Gasteiger partial charge < -0.3 is 4.52 Å². The fraction of sp³-hybridized carbons (Fsp3) is 0.294. The van der Waals surface area contributed by atoms with Gasteiger partial charge in [-0.15, -0.1) is 0 Å². The van der Waals surface area contributed by atoms with Crippen molar-refractivity contribution < 1.29 is 4.52 Å². The Balaban J connectivity index is 0.000000704. The van der Waals surface area contributed by atoms with Crippen molar-refractivity contribution in [1.82, 2.24) is 5.09 Å². The summed E-state index contributed by atoms with van der Waals surface area (Å²) in [4.78, 5) is 0. The summed E-state index contributed by atoms with van der Waals surface area (Å²) in [6.45, 7) is 7.16. The molecular formula is C17H22NOP. The molecule has 1 aliphatic rings. The molecule has 1 N–H and O–H groups in total. The fourth-order valence-electron chi connectivity index (χ4n) is 2.13. The van der Waals surface area contributed by atoms with Gasteiger partial charge in [-0.05, 0) is 24.1 Å². The van der Waals surface area contributed by atoms with Crippen LogP contribution in [0.4, 0.5) is 0 Å². The van der Waals surface area contributed by atoms with Crippen LogP contribution in [0, 0.1) is 0 Å². The molecule has 0 saturated carbocycles. The van der Waals surface area contributed by atoms with Gasteiger partial charge in [0.15, 0.2) is 8.30 Å². The Morgan fingerprint density at radius 3 is 2.35 bits per heavy atom. The van der Waals surface area contributed by atoms with Crippen molar-refractivity contribution in [3.63, 3.8) is 0 Å². The lowest BCUT2D eigenvalue weighted by molar-refractivity contribution is 0.604. The molecule has 0 aliphatic carbocycles. The molecule has 0 aromatic heterocycles. The van der Waals surface area contributed by atoms with Crippen LogP contribution in [0.5, 0.6) is 5.75 Å². The fourth-order valence-corrected chi connectivity index (χ4v) is 3.88. The van der Waals surface area contributed by atoms with E-state index in [0.717, 1.165) is 18.7 Å². The molecule has 20 heavy (non-hydrogen) atoms. The highest BCUT2D eigenvalue weighted by molar-refractivity contribution is 7.59. The van der Waals surface area contributed by atoms with Gasteiger partial charge in [0, 0.05) is 17.4 Å². The Morgan fingerprint density at radius 1 is 0.950 bits per heavy atom. The molecule has 1 aliphatic heterocycles. The summed E-state index contributed by atoms with van der Waals surface area (Å²) in [6.07, 6.45) is 1.12. The van der Waals surface area contributed by atoms with Gasteiger partial charge in [0.1, 0.15) is 5.75 Å². The molecule has 0 amide bonds. The van der Waals surface area contributed by atoms with Crippen LogP contribution in [0.1, 0.15) is 27.2 Å². The van der Waals surface area contributed by atoms with E-state index in [1.807, 2.05) is 26.0 Å². The Morgan fingerprint density at radius 2 is 1.60 bits per heavy atom. The van der Waals surface area contributed by atoms with Gasteiger partial charge in [-0.2, -0.15) is 0 Å². The highest BCUT2D eigenvalue weighted by Gasteiger charge is 2.25. The topological polar surface area (TPSA) is 21.3 Å². The molecule has 1 atom stereocenters. The van der Waals surface area contributed by atoms with Gasteiger partial charge in [-0.25, -0.2) is 0 Å². The third-order valence-electron chi connectivity index (χ3n) is 3.00. The largest absolute Gasteiger partial charge is 0.453 e. The lowest BCUT2D eigenvalue weighted by Gasteiger charge is -2.28. The molecule has 3 rings (SSSR count). The SMILES string of the molecule is CC.CCCNP1Oc2ccccc2-c2ccccc21. The first-order chi connectivity index (χ1) is 9.90. The minimum Gasteiger partial charge on any atom is -0.453 e. The highest BCUT2D eigenvalue weighted by atomic mass is 31.2. The van der Waals surface area contributed by atoms with Crippen LogP contribution in [0.25, 0.3) is 11.1 Å². The van der Waals surface area contributed by atoms with Crippen molar-refractivity contribution in [3.8, 4) is 16.9 Å². The van der Waals surface area contributed by atoms with Gasteiger partial charge in [0.05, 0.1) is 0 Å². The van der Waals surface area contributed by atoms with E-state index < -0.39 is 8.30 Å². The van der Waals surface area contributed by atoms with E-state index in [0.29, 0.717) is 0 Å². The molecule has 0 bridgehead atoms. The summed E-state index contributed by atoms with van der Waals surface area (Å²) in [5.74, 6) is 0.992. The lowest BCUT2D eigenvalue weighted by atomic mass is 10.0. The van der Waals surface area contributed by atoms with Gasteiger partial charge in [-0.3, -0.25) is 5.09 Å². The summed E-state index contributed by atoms with van der Waals surface area (Å²) in [5, 5.41) is 4.80. The number of hydrogen-bond donors (Lipinski definition) is 1. The number of nitrogens with one attached hydrogen (secondary N) is 1. The van der Waals surface area contributed by atoms with Crippen molar-refractivity contribution in [2.75, 3.05) is 6.54 Å². The molecular weight excluding hydrogens is 265 g/mol. The molecule has 1 unspecified atom stereocenters. The minimum atomic E-state index is -0.730. The lowest BCUT2D eigenvalue weighted by Crippen LogP contribution is -2.24. The Bertz CT molecular complexity index is 556. The van der Waals surface area contributed by atoms with Gasteiger partial charge >= 0.3 is 0 Å². The monoisotopic (exact) mass is 287 g/mol. The van der Waals surface area contributed by atoms with E-state index in [1.54, 1.807) is 0 Å². The van der Waals surface area contributed by atoms with Gasteiger partial charge in [0.2, 0.25) is 0 Å². The van der Waals surface area contributed by atoms with Crippen molar-refractivity contribution in [3.05, 3.63) is 48.5 Å². The summed E-state index contributed by atoms with van der Waals surface area (Å²) in [7, 11) is -0.730. The summed E-state index contributed by atoms with van der Waals surface area (Å²) in [6, 6.07) is 16.8. The zero-order valence-electron chi connectivity index (χ0n) is 12.4. The average molecular weight is 287 g/mol. The van der Waals surface area contributed by atoms with Crippen LogP contribution < -0.4 is 14.9 Å².